The molecule has 4 N–H and O–H groups in total. The van der Waals surface area contributed by atoms with Gasteiger partial charge < -0.3 is 16.4 Å². The van der Waals surface area contributed by atoms with E-state index in [9.17, 15) is 4.79 Å². The molecule has 1 aromatic rings. The Bertz CT molecular complexity index is 503. The van der Waals surface area contributed by atoms with Gasteiger partial charge in [-0.1, -0.05) is 18.3 Å². The summed E-state index contributed by atoms with van der Waals surface area (Å²) in [6.07, 6.45) is 2.05. The first kappa shape index (κ1) is 14.3. The van der Waals surface area contributed by atoms with Crippen LogP contribution in [0.1, 0.15) is 18.4 Å². The number of rotatable bonds is 6. The van der Waals surface area contributed by atoms with Gasteiger partial charge in [-0.2, -0.15) is 0 Å². The molecule has 1 aromatic carbocycles. The van der Waals surface area contributed by atoms with Gasteiger partial charge in [0.2, 0.25) is 5.91 Å². The zero-order chi connectivity index (χ0) is 13.8. The number of nitrogens with one attached hydrogen (secondary N) is 2. The highest BCUT2D eigenvalue weighted by atomic mass is 79.9. The smallest absolute Gasteiger partial charge is 0.223 e. The highest BCUT2D eigenvalue weighted by Gasteiger charge is 2.28. The van der Waals surface area contributed by atoms with Gasteiger partial charge in [-0.25, -0.2) is 0 Å². The zero-order valence-electron chi connectivity index (χ0n) is 10.4. The summed E-state index contributed by atoms with van der Waals surface area (Å²) >= 11 is 8.47. The fourth-order valence-corrected chi connectivity index (χ4v) is 2.73. The Kier molecular flexibility index (Phi) is 4.76. The molecule has 102 valence electrons. The molecular formula is C13H16BrN3OS. The maximum atomic E-state index is 11.5. The van der Waals surface area contributed by atoms with Crippen LogP contribution in [0, 0.1) is 5.92 Å². The Labute approximate surface area is 126 Å². The third-order valence-electron chi connectivity index (χ3n) is 2.95. The summed E-state index contributed by atoms with van der Waals surface area (Å²) < 4.78 is 0.868. The minimum absolute atomic E-state index is 0.158. The molecule has 0 aliphatic heterocycles. The minimum Gasteiger partial charge on any atom is -0.389 e. The van der Waals surface area contributed by atoms with Crippen LogP contribution in [-0.4, -0.2) is 24.0 Å². The van der Waals surface area contributed by atoms with E-state index in [4.69, 9.17) is 18.0 Å². The molecule has 1 fully saturated rings. The topological polar surface area (TPSA) is 67.2 Å². The predicted octanol–water partition coefficient (Wildman–Crippen LogP) is 2.02. The summed E-state index contributed by atoms with van der Waals surface area (Å²) in [5.74, 6) is 0.406. The van der Waals surface area contributed by atoms with E-state index >= 15 is 0 Å². The highest BCUT2D eigenvalue weighted by Crippen LogP contribution is 2.28. The number of nitrogens with two attached hydrogens (primary N) is 1. The van der Waals surface area contributed by atoms with Crippen molar-refractivity contribution in [3.63, 3.8) is 0 Å². The number of benzene rings is 1. The van der Waals surface area contributed by atoms with Crippen molar-refractivity contribution in [1.82, 2.24) is 5.32 Å². The molecule has 1 amide bonds. The number of hydrogen-bond acceptors (Lipinski definition) is 3. The van der Waals surface area contributed by atoms with Gasteiger partial charge in [0.25, 0.3) is 0 Å². The molecule has 0 aromatic heterocycles. The normalized spacial score (nSPS) is 13.9. The SMILES string of the molecule is NC(=S)c1c(Br)cccc1NCCNC(=O)C1CC1. The van der Waals surface area contributed by atoms with Crippen LogP contribution >= 0.6 is 28.1 Å². The molecule has 1 saturated carbocycles. The van der Waals surface area contributed by atoms with Crippen LogP contribution in [0.5, 0.6) is 0 Å². The lowest BCUT2D eigenvalue weighted by molar-refractivity contribution is -0.122. The average Bonchev–Trinajstić information content (AvgIpc) is 3.18. The minimum atomic E-state index is 0.158. The van der Waals surface area contributed by atoms with E-state index in [1.54, 1.807) is 0 Å². The van der Waals surface area contributed by atoms with Crippen LogP contribution in [0.15, 0.2) is 22.7 Å². The van der Waals surface area contributed by atoms with E-state index in [2.05, 4.69) is 26.6 Å². The molecule has 6 heteroatoms. The largest absolute Gasteiger partial charge is 0.389 e. The van der Waals surface area contributed by atoms with E-state index in [1.165, 1.54) is 0 Å². The van der Waals surface area contributed by atoms with Crippen LogP contribution in [-0.2, 0) is 4.79 Å². The third-order valence-corrected chi connectivity index (χ3v) is 3.81. The molecule has 19 heavy (non-hydrogen) atoms. The van der Waals surface area contributed by atoms with Crippen molar-refractivity contribution < 1.29 is 4.79 Å². The molecule has 0 atom stereocenters. The van der Waals surface area contributed by atoms with Crippen LogP contribution in [0.25, 0.3) is 0 Å². The molecule has 0 unspecified atom stereocenters. The maximum absolute atomic E-state index is 11.5. The van der Waals surface area contributed by atoms with Crippen molar-refractivity contribution in [3.05, 3.63) is 28.2 Å². The van der Waals surface area contributed by atoms with Gasteiger partial charge in [0.1, 0.15) is 4.99 Å². The molecule has 0 spiro atoms. The van der Waals surface area contributed by atoms with Gasteiger partial charge in [0, 0.05) is 34.7 Å². The van der Waals surface area contributed by atoms with Crippen LogP contribution < -0.4 is 16.4 Å². The summed E-state index contributed by atoms with van der Waals surface area (Å²) in [6.45, 7) is 1.24. The second kappa shape index (κ2) is 6.34. The second-order valence-corrected chi connectivity index (χ2v) is 5.81. The van der Waals surface area contributed by atoms with Gasteiger partial charge in [-0.05, 0) is 40.9 Å². The Hall–Kier alpha value is -1.14. The van der Waals surface area contributed by atoms with Crippen molar-refractivity contribution in [1.29, 1.82) is 0 Å². The van der Waals surface area contributed by atoms with Crippen LogP contribution in [0.3, 0.4) is 0 Å². The van der Waals surface area contributed by atoms with Crippen molar-refractivity contribution in [2.75, 3.05) is 18.4 Å². The molecule has 2 rings (SSSR count). The Morgan fingerprint density at radius 3 is 2.79 bits per heavy atom. The zero-order valence-corrected chi connectivity index (χ0v) is 12.8. The van der Waals surface area contributed by atoms with E-state index in [-0.39, 0.29) is 11.8 Å². The summed E-state index contributed by atoms with van der Waals surface area (Å²) in [4.78, 5) is 11.8. The first-order valence-electron chi connectivity index (χ1n) is 6.19. The fraction of sp³-hybridized carbons (Fsp3) is 0.385. The van der Waals surface area contributed by atoms with Gasteiger partial charge in [-0.15, -0.1) is 0 Å². The molecule has 0 heterocycles. The van der Waals surface area contributed by atoms with Gasteiger partial charge in [0.05, 0.1) is 0 Å². The lowest BCUT2D eigenvalue weighted by Gasteiger charge is -2.13. The van der Waals surface area contributed by atoms with Gasteiger partial charge in [-0.3, -0.25) is 4.79 Å². The molecule has 0 bridgehead atoms. The van der Waals surface area contributed by atoms with E-state index < -0.39 is 0 Å². The quantitative estimate of drug-likeness (QED) is 0.547. The van der Waals surface area contributed by atoms with Crippen LogP contribution in [0.4, 0.5) is 5.69 Å². The predicted molar refractivity (Wildman–Crippen MR) is 84.3 cm³/mol. The first-order valence-corrected chi connectivity index (χ1v) is 7.39. The van der Waals surface area contributed by atoms with Crippen molar-refractivity contribution >= 4 is 44.7 Å². The Balaban J connectivity index is 1.86. The Morgan fingerprint density at radius 2 is 2.16 bits per heavy atom. The van der Waals surface area contributed by atoms with E-state index in [0.29, 0.717) is 18.1 Å². The van der Waals surface area contributed by atoms with Crippen molar-refractivity contribution in [2.45, 2.75) is 12.8 Å². The summed E-state index contributed by atoms with van der Waals surface area (Å²) in [6, 6.07) is 5.73. The lowest BCUT2D eigenvalue weighted by Crippen LogP contribution is -2.30. The van der Waals surface area contributed by atoms with Crippen LogP contribution in [0.2, 0.25) is 0 Å². The van der Waals surface area contributed by atoms with E-state index in [0.717, 1.165) is 28.6 Å². The number of thiocarbonyl (C=S) groups is 1. The van der Waals surface area contributed by atoms with Gasteiger partial charge >= 0.3 is 0 Å². The van der Waals surface area contributed by atoms with Crippen molar-refractivity contribution in [3.8, 4) is 0 Å². The molecule has 1 aliphatic rings. The second-order valence-electron chi connectivity index (χ2n) is 4.52. The Morgan fingerprint density at radius 1 is 1.42 bits per heavy atom. The number of anilines is 1. The molecule has 0 saturated heterocycles. The number of carbonyl (C=O) groups is 1. The third kappa shape index (κ3) is 3.91. The average molecular weight is 342 g/mol. The highest BCUT2D eigenvalue weighted by molar-refractivity contribution is 9.10. The van der Waals surface area contributed by atoms with E-state index in [1.807, 2.05) is 18.2 Å². The van der Waals surface area contributed by atoms with Crippen molar-refractivity contribution in [2.24, 2.45) is 11.7 Å². The summed E-state index contributed by atoms with van der Waals surface area (Å²) in [5, 5.41) is 6.14. The summed E-state index contributed by atoms with van der Waals surface area (Å²) in [5.41, 5.74) is 7.38. The van der Waals surface area contributed by atoms with Gasteiger partial charge in [0.15, 0.2) is 0 Å². The standard InChI is InChI=1S/C13H16BrN3OS/c14-9-2-1-3-10(11(9)12(15)19)16-6-7-17-13(18)8-4-5-8/h1-3,8,16H,4-7H2,(H2,15,19)(H,17,18). The molecular weight excluding hydrogens is 326 g/mol. The first-order chi connectivity index (χ1) is 9.09. The number of amides is 1. The summed E-state index contributed by atoms with van der Waals surface area (Å²) in [7, 11) is 0. The number of carbonyl (C=O) groups excluding carboxylic acids is 1. The fourth-order valence-electron chi connectivity index (χ4n) is 1.79. The number of halogens is 1. The molecule has 0 radical (unpaired) electrons. The molecule has 1 aliphatic carbocycles. The monoisotopic (exact) mass is 341 g/mol. The lowest BCUT2D eigenvalue weighted by atomic mass is 10.2. The maximum Gasteiger partial charge on any atom is 0.223 e. The molecule has 4 nitrogen and oxygen atoms in total. The number of hydrogen-bond donors (Lipinski definition) is 3.